The molecule has 4 rings (SSSR count). The summed E-state index contributed by atoms with van der Waals surface area (Å²) in [5.74, 6) is -1.31. The average molecular weight is 313 g/mol. The third kappa shape index (κ3) is 2.10. The predicted octanol–water partition coefficient (Wildman–Crippen LogP) is 1.18. The van der Waals surface area contributed by atoms with E-state index in [1.807, 2.05) is 35.3 Å². The number of hydrogen-bond donors (Lipinski definition) is 0. The van der Waals surface area contributed by atoms with Gasteiger partial charge in [0.1, 0.15) is 11.5 Å². The molecule has 23 heavy (non-hydrogen) atoms. The molecule has 5 heteroatoms. The predicted molar refractivity (Wildman–Crippen MR) is 82.5 cm³/mol. The second-order valence-corrected chi connectivity index (χ2v) is 6.42. The van der Waals surface area contributed by atoms with E-state index in [0.29, 0.717) is 13.1 Å². The lowest BCUT2D eigenvalue weighted by Crippen LogP contribution is -2.39. The van der Waals surface area contributed by atoms with Crippen molar-refractivity contribution in [3.8, 4) is 0 Å². The number of carbonyl (C=O) groups excluding carboxylic acids is 2. The third-order valence-corrected chi connectivity index (χ3v) is 5.17. The van der Waals surface area contributed by atoms with Gasteiger partial charge in [-0.25, -0.2) is 0 Å². The van der Waals surface area contributed by atoms with Crippen LogP contribution in [-0.4, -0.2) is 48.7 Å². The molecule has 1 aromatic rings. The minimum absolute atomic E-state index is 0.00295. The molecule has 0 unspecified atom stereocenters. The number of methoxy groups -OCH3 is 1. The van der Waals surface area contributed by atoms with Gasteiger partial charge in [0.2, 0.25) is 5.91 Å². The number of fused-ring (bicyclic) bond motifs is 1. The van der Waals surface area contributed by atoms with Gasteiger partial charge in [0.05, 0.1) is 25.7 Å². The molecule has 0 N–H and O–H groups in total. The van der Waals surface area contributed by atoms with Gasteiger partial charge in [0.15, 0.2) is 0 Å². The van der Waals surface area contributed by atoms with E-state index in [1.165, 1.54) is 12.7 Å². The lowest BCUT2D eigenvalue weighted by molar-refractivity contribution is -0.151. The highest BCUT2D eigenvalue weighted by Gasteiger charge is 2.67. The largest absolute Gasteiger partial charge is 0.469 e. The lowest BCUT2D eigenvalue weighted by Gasteiger charge is -2.22. The fraction of sp³-hybridized carbons (Fsp3) is 0.444. The Kier molecular flexibility index (Phi) is 3.27. The van der Waals surface area contributed by atoms with Gasteiger partial charge in [0.25, 0.3) is 0 Å². The highest BCUT2D eigenvalue weighted by atomic mass is 16.5. The number of hydrogen-bond acceptors (Lipinski definition) is 4. The van der Waals surface area contributed by atoms with Gasteiger partial charge < -0.3 is 14.4 Å². The molecule has 2 fully saturated rings. The number of carbonyl (C=O) groups is 2. The molecular formula is C18H19NO4. The number of esters is 1. The van der Waals surface area contributed by atoms with E-state index in [1.54, 1.807) is 0 Å². The molecule has 3 heterocycles. The molecule has 1 amide bonds. The second-order valence-electron chi connectivity index (χ2n) is 6.42. The number of nitrogens with zero attached hydrogens (tertiary/aromatic N) is 1. The Morgan fingerprint density at radius 2 is 2.17 bits per heavy atom. The van der Waals surface area contributed by atoms with E-state index in [4.69, 9.17) is 9.47 Å². The quantitative estimate of drug-likeness (QED) is 0.619. The van der Waals surface area contributed by atoms with E-state index < -0.39 is 17.4 Å². The molecule has 5 nitrogen and oxygen atoms in total. The molecule has 120 valence electrons. The summed E-state index contributed by atoms with van der Waals surface area (Å²) in [5, 5.41) is 0. The van der Waals surface area contributed by atoms with Gasteiger partial charge in [-0.1, -0.05) is 42.5 Å². The maximum Gasteiger partial charge on any atom is 0.312 e. The minimum atomic E-state index is -0.642. The molecule has 2 bridgehead atoms. The van der Waals surface area contributed by atoms with E-state index in [0.717, 1.165) is 6.42 Å². The van der Waals surface area contributed by atoms with Crippen LogP contribution in [0.2, 0.25) is 0 Å². The van der Waals surface area contributed by atoms with E-state index in [-0.39, 0.29) is 18.0 Å². The summed E-state index contributed by atoms with van der Waals surface area (Å²) in [4.78, 5) is 26.7. The van der Waals surface area contributed by atoms with Crippen molar-refractivity contribution < 1.29 is 19.1 Å². The van der Waals surface area contributed by atoms with E-state index in [2.05, 4.69) is 12.1 Å². The fourth-order valence-electron chi connectivity index (χ4n) is 4.08. The molecule has 3 aliphatic heterocycles. The summed E-state index contributed by atoms with van der Waals surface area (Å²) in [6.45, 7) is 1.15. The molecule has 0 saturated carbocycles. The normalized spacial score (nSPS) is 34.0. The number of benzene rings is 1. The summed E-state index contributed by atoms with van der Waals surface area (Å²) in [6.07, 6.45) is 4.33. The number of likely N-dealkylation sites (tertiary alicyclic amines) is 1. The topological polar surface area (TPSA) is 55.8 Å². The van der Waals surface area contributed by atoms with Crippen LogP contribution in [0.15, 0.2) is 42.5 Å². The van der Waals surface area contributed by atoms with E-state index in [9.17, 15) is 9.59 Å². The second kappa shape index (κ2) is 5.20. The average Bonchev–Trinajstić information content (AvgIpc) is 3.21. The number of amides is 1. The van der Waals surface area contributed by atoms with Gasteiger partial charge in [-0.3, -0.25) is 9.59 Å². The molecule has 4 atom stereocenters. The Bertz CT molecular complexity index is 671. The van der Waals surface area contributed by atoms with Crippen LogP contribution in [0.4, 0.5) is 0 Å². The van der Waals surface area contributed by atoms with Crippen molar-refractivity contribution >= 4 is 11.9 Å². The molecule has 0 aromatic heterocycles. The first-order chi connectivity index (χ1) is 11.1. The van der Waals surface area contributed by atoms with Gasteiger partial charge in [-0.2, -0.15) is 0 Å². The SMILES string of the molecule is COC(=O)[C@@H]1[C@H]2C(=O)N(CCc3ccccc3)C[C@]23C=C[C@H]1O3. The van der Waals surface area contributed by atoms with Crippen LogP contribution in [0, 0.1) is 11.8 Å². The van der Waals surface area contributed by atoms with Crippen LogP contribution >= 0.6 is 0 Å². The Morgan fingerprint density at radius 1 is 1.39 bits per heavy atom. The smallest absolute Gasteiger partial charge is 0.312 e. The molecule has 0 radical (unpaired) electrons. The van der Waals surface area contributed by atoms with Crippen LogP contribution in [-0.2, 0) is 25.5 Å². The highest BCUT2D eigenvalue weighted by molar-refractivity contribution is 5.91. The first-order valence-corrected chi connectivity index (χ1v) is 7.92. The lowest BCUT2D eigenvalue weighted by atomic mass is 9.77. The van der Waals surface area contributed by atoms with Gasteiger partial charge >= 0.3 is 5.97 Å². The van der Waals surface area contributed by atoms with Crippen molar-refractivity contribution in [2.75, 3.05) is 20.2 Å². The van der Waals surface area contributed by atoms with Crippen molar-refractivity contribution in [2.45, 2.75) is 18.1 Å². The molecule has 1 spiro atoms. The summed E-state index contributed by atoms with van der Waals surface area (Å²) >= 11 is 0. The molecule has 2 saturated heterocycles. The first-order valence-electron chi connectivity index (χ1n) is 7.92. The molecule has 0 aliphatic carbocycles. The highest BCUT2D eigenvalue weighted by Crippen LogP contribution is 2.52. The monoisotopic (exact) mass is 313 g/mol. The molecular weight excluding hydrogens is 294 g/mol. The van der Waals surface area contributed by atoms with Crippen LogP contribution in [0.3, 0.4) is 0 Å². The van der Waals surface area contributed by atoms with Crippen LogP contribution in [0.1, 0.15) is 5.56 Å². The zero-order valence-corrected chi connectivity index (χ0v) is 13.0. The van der Waals surface area contributed by atoms with Crippen molar-refractivity contribution in [2.24, 2.45) is 11.8 Å². The number of ether oxygens (including phenoxy) is 2. The van der Waals surface area contributed by atoms with Crippen LogP contribution < -0.4 is 0 Å². The number of rotatable bonds is 4. The fourth-order valence-corrected chi connectivity index (χ4v) is 4.08. The third-order valence-electron chi connectivity index (χ3n) is 5.17. The zero-order valence-electron chi connectivity index (χ0n) is 13.0. The maximum atomic E-state index is 12.8. The summed E-state index contributed by atoms with van der Waals surface area (Å²) in [6, 6.07) is 10.1. The Balaban J connectivity index is 1.52. The van der Waals surface area contributed by atoms with Gasteiger partial charge in [-0.05, 0) is 12.0 Å². The van der Waals surface area contributed by atoms with Gasteiger partial charge in [0, 0.05) is 6.54 Å². The van der Waals surface area contributed by atoms with Crippen molar-refractivity contribution in [3.63, 3.8) is 0 Å². The van der Waals surface area contributed by atoms with Gasteiger partial charge in [-0.15, -0.1) is 0 Å². The Hall–Kier alpha value is -2.14. The van der Waals surface area contributed by atoms with Crippen molar-refractivity contribution in [3.05, 3.63) is 48.0 Å². The maximum absolute atomic E-state index is 12.8. The summed E-state index contributed by atoms with van der Waals surface area (Å²) in [5.41, 5.74) is 0.553. The summed E-state index contributed by atoms with van der Waals surface area (Å²) < 4.78 is 10.9. The minimum Gasteiger partial charge on any atom is -0.469 e. The zero-order chi connectivity index (χ0) is 16.0. The van der Waals surface area contributed by atoms with E-state index >= 15 is 0 Å². The summed E-state index contributed by atoms with van der Waals surface area (Å²) in [7, 11) is 1.36. The van der Waals surface area contributed by atoms with Crippen LogP contribution in [0.5, 0.6) is 0 Å². The Labute approximate surface area is 134 Å². The first kappa shape index (κ1) is 14.5. The molecule has 1 aromatic carbocycles. The van der Waals surface area contributed by atoms with Crippen molar-refractivity contribution in [1.29, 1.82) is 0 Å². The van der Waals surface area contributed by atoms with Crippen molar-refractivity contribution in [1.82, 2.24) is 4.90 Å². The standard InChI is InChI=1S/C18H19NO4/c1-22-17(21)14-13-7-9-18(23-13)11-19(16(20)15(14)18)10-8-12-5-3-2-4-6-12/h2-7,9,13-15H,8,10-11H2,1H3/t13-,14+,15+,18-/m1/s1. The van der Waals surface area contributed by atoms with Crippen LogP contribution in [0.25, 0.3) is 0 Å². The Morgan fingerprint density at radius 3 is 2.91 bits per heavy atom. The molecule has 3 aliphatic rings.